The molecule has 0 bridgehead atoms. The lowest BCUT2D eigenvalue weighted by Gasteiger charge is -2.21. The maximum Gasteiger partial charge on any atom is 0.416 e. The van der Waals surface area contributed by atoms with Gasteiger partial charge in [0.1, 0.15) is 11.9 Å². The van der Waals surface area contributed by atoms with Crippen LogP contribution in [0.15, 0.2) is 24.3 Å². The predicted octanol–water partition coefficient (Wildman–Crippen LogP) is 3.07. The van der Waals surface area contributed by atoms with Gasteiger partial charge in [-0.25, -0.2) is 0 Å². The summed E-state index contributed by atoms with van der Waals surface area (Å²) < 4.78 is 42.4. The van der Waals surface area contributed by atoms with E-state index in [2.05, 4.69) is 0 Å². The number of rotatable bonds is 4. The van der Waals surface area contributed by atoms with E-state index in [1.54, 1.807) is 0 Å². The normalized spacial score (nSPS) is 13.8. The molecule has 1 aromatic carbocycles. The Kier molecular flexibility index (Phi) is 4.40. The summed E-state index contributed by atoms with van der Waals surface area (Å²) >= 11 is 0. The van der Waals surface area contributed by atoms with Crippen LogP contribution in [-0.2, 0) is 6.18 Å². The summed E-state index contributed by atoms with van der Waals surface area (Å²) in [5.74, 6) is 0.615. The van der Waals surface area contributed by atoms with E-state index in [1.165, 1.54) is 12.1 Å². The molecule has 0 aliphatic heterocycles. The highest BCUT2D eigenvalue weighted by molar-refractivity contribution is 5.29. The number of nitrogens with two attached hydrogens (primary N) is 1. The largest absolute Gasteiger partial charge is 0.489 e. The summed E-state index contributed by atoms with van der Waals surface area (Å²) in [6.07, 6.45) is -4.50. The Morgan fingerprint density at radius 3 is 2.06 bits per heavy atom. The Labute approximate surface area is 98.6 Å². The molecule has 0 saturated carbocycles. The van der Waals surface area contributed by atoms with Gasteiger partial charge in [0.25, 0.3) is 0 Å². The van der Waals surface area contributed by atoms with E-state index in [1.807, 2.05) is 13.8 Å². The molecule has 2 nitrogen and oxygen atoms in total. The van der Waals surface area contributed by atoms with Crippen molar-refractivity contribution in [2.75, 3.05) is 6.54 Å². The molecule has 0 spiro atoms. The first-order chi connectivity index (χ1) is 7.84. The van der Waals surface area contributed by atoms with Crippen LogP contribution in [0, 0.1) is 5.92 Å². The molecule has 17 heavy (non-hydrogen) atoms. The average Bonchev–Trinajstić information content (AvgIpc) is 2.25. The van der Waals surface area contributed by atoms with Gasteiger partial charge in [-0.2, -0.15) is 13.2 Å². The molecule has 0 amide bonds. The first-order valence-electron chi connectivity index (χ1n) is 5.38. The third-order valence-electron chi connectivity index (χ3n) is 2.44. The van der Waals surface area contributed by atoms with E-state index >= 15 is 0 Å². The Morgan fingerprint density at radius 1 is 1.18 bits per heavy atom. The average molecular weight is 247 g/mol. The van der Waals surface area contributed by atoms with Gasteiger partial charge >= 0.3 is 6.18 Å². The highest BCUT2D eigenvalue weighted by atomic mass is 19.4. The summed E-state index contributed by atoms with van der Waals surface area (Å²) in [5, 5.41) is 0. The smallest absolute Gasteiger partial charge is 0.416 e. The molecule has 0 aromatic heterocycles. The standard InChI is InChI=1S/C12H16F3NO/c1-8(2)11(7-16)17-10-5-3-9(4-6-10)12(13,14)15/h3-6,8,11H,7,16H2,1-2H3. The molecule has 1 aromatic rings. The number of alkyl halides is 3. The van der Waals surface area contributed by atoms with Crippen LogP contribution in [0.2, 0.25) is 0 Å². The molecule has 2 N–H and O–H groups in total. The van der Waals surface area contributed by atoms with Gasteiger partial charge in [-0.05, 0) is 30.2 Å². The highest BCUT2D eigenvalue weighted by Crippen LogP contribution is 2.30. The Bertz CT molecular complexity index is 346. The number of halogens is 3. The molecule has 0 fully saturated rings. The highest BCUT2D eigenvalue weighted by Gasteiger charge is 2.30. The minimum absolute atomic E-state index is 0.188. The lowest BCUT2D eigenvalue weighted by atomic mass is 10.1. The fraction of sp³-hybridized carbons (Fsp3) is 0.500. The Morgan fingerprint density at radius 2 is 1.71 bits per heavy atom. The van der Waals surface area contributed by atoms with E-state index in [4.69, 9.17) is 10.5 Å². The first-order valence-corrected chi connectivity index (χ1v) is 5.38. The number of hydrogen-bond donors (Lipinski definition) is 1. The molecule has 1 unspecified atom stereocenters. The number of ether oxygens (including phenoxy) is 1. The maximum atomic E-state index is 12.3. The fourth-order valence-electron chi connectivity index (χ4n) is 1.35. The van der Waals surface area contributed by atoms with Crippen LogP contribution >= 0.6 is 0 Å². The number of benzene rings is 1. The SMILES string of the molecule is CC(C)C(CN)Oc1ccc(C(F)(F)F)cc1. The zero-order valence-electron chi connectivity index (χ0n) is 9.79. The zero-order valence-corrected chi connectivity index (χ0v) is 9.79. The van der Waals surface area contributed by atoms with Gasteiger partial charge in [-0.3, -0.25) is 0 Å². The van der Waals surface area contributed by atoms with Crippen LogP contribution in [0.4, 0.5) is 13.2 Å². The second kappa shape index (κ2) is 5.40. The predicted molar refractivity (Wildman–Crippen MR) is 59.8 cm³/mol. The van der Waals surface area contributed by atoms with Crippen LogP contribution in [0.25, 0.3) is 0 Å². The van der Waals surface area contributed by atoms with Crippen LogP contribution < -0.4 is 10.5 Å². The topological polar surface area (TPSA) is 35.2 Å². The van der Waals surface area contributed by atoms with Crippen LogP contribution in [0.1, 0.15) is 19.4 Å². The second-order valence-electron chi connectivity index (χ2n) is 4.16. The van der Waals surface area contributed by atoms with E-state index in [-0.39, 0.29) is 12.0 Å². The minimum Gasteiger partial charge on any atom is -0.489 e. The van der Waals surface area contributed by atoms with Crippen molar-refractivity contribution in [2.24, 2.45) is 11.7 Å². The van der Waals surface area contributed by atoms with Gasteiger partial charge in [-0.1, -0.05) is 13.8 Å². The third-order valence-corrected chi connectivity index (χ3v) is 2.44. The Balaban J connectivity index is 2.75. The van der Waals surface area contributed by atoms with E-state index in [0.29, 0.717) is 12.3 Å². The van der Waals surface area contributed by atoms with Crippen LogP contribution in [-0.4, -0.2) is 12.6 Å². The van der Waals surface area contributed by atoms with Crippen LogP contribution in [0.5, 0.6) is 5.75 Å². The second-order valence-corrected chi connectivity index (χ2v) is 4.16. The molecule has 1 rings (SSSR count). The van der Waals surface area contributed by atoms with Crippen molar-refractivity contribution in [3.05, 3.63) is 29.8 Å². The molecular formula is C12H16F3NO. The molecular weight excluding hydrogens is 231 g/mol. The quantitative estimate of drug-likeness (QED) is 0.887. The van der Waals surface area contributed by atoms with Gasteiger partial charge < -0.3 is 10.5 Å². The molecule has 0 aliphatic rings. The van der Waals surface area contributed by atoms with E-state index in [0.717, 1.165) is 12.1 Å². The molecule has 0 saturated heterocycles. The summed E-state index contributed by atoms with van der Waals surface area (Å²) in [7, 11) is 0. The van der Waals surface area contributed by atoms with Gasteiger partial charge in [0.15, 0.2) is 0 Å². The van der Waals surface area contributed by atoms with Crippen molar-refractivity contribution in [1.29, 1.82) is 0 Å². The molecule has 1 atom stereocenters. The van der Waals surface area contributed by atoms with Crippen molar-refractivity contribution in [2.45, 2.75) is 26.1 Å². The van der Waals surface area contributed by atoms with Crippen molar-refractivity contribution in [3.8, 4) is 5.75 Å². The molecule has 0 radical (unpaired) electrons. The molecule has 96 valence electrons. The molecule has 0 aliphatic carbocycles. The lowest BCUT2D eigenvalue weighted by Crippen LogP contribution is -2.31. The fourth-order valence-corrected chi connectivity index (χ4v) is 1.35. The van der Waals surface area contributed by atoms with E-state index < -0.39 is 11.7 Å². The monoisotopic (exact) mass is 247 g/mol. The van der Waals surface area contributed by atoms with Crippen molar-refractivity contribution in [3.63, 3.8) is 0 Å². The lowest BCUT2D eigenvalue weighted by molar-refractivity contribution is -0.137. The van der Waals surface area contributed by atoms with Crippen molar-refractivity contribution in [1.82, 2.24) is 0 Å². The summed E-state index contributed by atoms with van der Waals surface area (Å²) in [6.45, 7) is 4.22. The Hall–Kier alpha value is -1.23. The summed E-state index contributed by atoms with van der Waals surface area (Å²) in [6, 6.07) is 4.63. The van der Waals surface area contributed by atoms with Gasteiger partial charge in [-0.15, -0.1) is 0 Å². The zero-order chi connectivity index (χ0) is 13.1. The molecule has 5 heteroatoms. The van der Waals surface area contributed by atoms with E-state index in [9.17, 15) is 13.2 Å². The third kappa shape index (κ3) is 3.93. The minimum atomic E-state index is -4.32. The van der Waals surface area contributed by atoms with Gasteiger partial charge in [0, 0.05) is 6.54 Å². The maximum absolute atomic E-state index is 12.3. The number of hydrogen-bond acceptors (Lipinski definition) is 2. The van der Waals surface area contributed by atoms with Gasteiger partial charge in [0.05, 0.1) is 5.56 Å². The summed E-state index contributed by atoms with van der Waals surface area (Å²) in [5.41, 5.74) is 4.83. The van der Waals surface area contributed by atoms with Gasteiger partial charge in [0.2, 0.25) is 0 Å². The van der Waals surface area contributed by atoms with Crippen molar-refractivity contribution < 1.29 is 17.9 Å². The summed E-state index contributed by atoms with van der Waals surface area (Å²) in [4.78, 5) is 0. The van der Waals surface area contributed by atoms with Crippen LogP contribution in [0.3, 0.4) is 0 Å². The molecule has 0 heterocycles. The first kappa shape index (κ1) is 13.8. The van der Waals surface area contributed by atoms with Crippen molar-refractivity contribution >= 4 is 0 Å².